The van der Waals surface area contributed by atoms with Crippen LogP contribution in [0.15, 0.2) is 58.3 Å². The Morgan fingerprint density at radius 1 is 1.06 bits per heavy atom. The lowest BCUT2D eigenvalue weighted by Crippen LogP contribution is -1.96. The number of halogens is 1. The second-order valence-corrected chi connectivity index (χ2v) is 4.83. The van der Waals surface area contributed by atoms with Crippen molar-refractivity contribution < 1.29 is 9.50 Å². The molecule has 0 aliphatic heterocycles. The van der Waals surface area contributed by atoms with Gasteiger partial charge in [0.2, 0.25) is 0 Å². The first-order valence-corrected chi connectivity index (χ1v) is 6.19. The van der Waals surface area contributed by atoms with E-state index in [1.54, 1.807) is 19.1 Å². The van der Waals surface area contributed by atoms with E-state index in [-0.39, 0.29) is 5.82 Å². The van der Waals surface area contributed by atoms with Crippen molar-refractivity contribution in [1.29, 1.82) is 0 Å². The lowest BCUT2D eigenvalue weighted by molar-refractivity contribution is 0.195. The average Bonchev–Trinajstić information content (AvgIpc) is 2.33. The van der Waals surface area contributed by atoms with Crippen LogP contribution in [-0.4, -0.2) is 5.11 Å². The van der Waals surface area contributed by atoms with E-state index in [1.807, 2.05) is 30.3 Å². The van der Waals surface area contributed by atoms with Crippen molar-refractivity contribution in [3.8, 4) is 0 Å². The van der Waals surface area contributed by atoms with Crippen molar-refractivity contribution in [2.75, 3.05) is 0 Å². The molecular formula is C14H13FOS. The van der Waals surface area contributed by atoms with Crippen LogP contribution in [0.2, 0.25) is 0 Å². The third kappa shape index (κ3) is 2.87. The molecular weight excluding hydrogens is 235 g/mol. The zero-order valence-electron chi connectivity index (χ0n) is 9.43. The van der Waals surface area contributed by atoms with E-state index in [0.717, 1.165) is 4.90 Å². The molecule has 1 nitrogen and oxygen atoms in total. The Labute approximate surface area is 104 Å². The monoisotopic (exact) mass is 248 g/mol. The number of hydrogen-bond donors (Lipinski definition) is 1. The second kappa shape index (κ2) is 5.34. The summed E-state index contributed by atoms with van der Waals surface area (Å²) in [5.41, 5.74) is 0.624. The van der Waals surface area contributed by atoms with E-state index in [2.05, 4.69) is 0 Å². The molecule has 0 aliphatic carbocycles. The van der Waals surface area contributed by atoms with Crippen molar-refractivity contribution in [3.63, 3.8) is 0 Å². The second-order valence-electron chi connectivity index (χ2n) is 3.75. The van der Waals surface area contributed by atoms with Crippen LogP contribution in [0.1, 0.15) is 18.6 Å². The van der Waals surface area contributed by atoms with Crippen molar-refractivity contribution >= 4 is 11.8 Å². The summed E-state index contributed by atoms with van der Waals surface area (Å²) in [7, 11) is 0. The molecule has 2 aromatic carbocycles. The largest absolute Gasteiger partial charge is 0.389 e. The number of aliphatic hydroxyl groups excluding tert-OH is 1. The Morgan fingerprint density at radius 3 is 2.41 bits per heavy atom. The van der Waals surface area contributed by atoms with E-state index >= 15 is 0 Å². The Morgan fingerprint density at radius 2 is 1.76 bits per heavy atom. The highest BCUT2D eigenvalue weighted by Crippen LogP contribution is 2.35. The van der Waals surface area contributed by atoms with E-state index in [9.17, 15) is 9.50 Å². The molecule has 0 spiro atoms. The number of aliphatic hydroxyl groups is 1. The molecule has 0 amide bonds. The molecule has 0 aliphatic rings. The van der Waals surface area contributed by atoms with Crippen LogP contribution in [0.4, 0.5) is 4.39 Å². The summed E-state index contributed by atoms with van der Waals surface area (Å²) in [6.45, 7) is 1.64. The molecule has 88 valence electrons. The zero-order valence-corrected chi connectivity index (χ0v) is 10.2. The standard InChI is InChI=1S/C14H13FOS/c1-10(16)12-8-5-9-13(15)14(12)17-11-6-3-2-4-7-11/h2-10,16H,1H3/t10-/m0/s1. The highest BCUT2D eigenvalue weighted by atomic mass is 32.2. The smallest absolute Gasteiger partial charge is 0.137 e. The topological polar surface area (TPSA) is 20.2 Å². The summed E-state index contributed by atoms with van der Waals surface area (Å²) in [4.78, 5) is 1.45. The molecule has 0 radical (unpaired) electrons. The van der Waals surface area contributed by atoms with Crippen molar-refractivity contribution in [3.05, 3.63) is 59.9 Å². The Balaban J connectivity index is 2.38. The summed E-state index contributed by atoms with van der Waals surface area (Å²) in [5.74, 6) is -0.294. The van der Waals surface area contributed by atoms with Crippen LogP contribution in [0.25, 0.3) is 0 Å². The Kier molecular flexibility index (Phi) is 3.82. The SMILES string of the molecule is C[C@H](O)c1cccc(F)c1Sc1ccccc1. The average molecular weight is 248 g/mol. The van der Waals surface area contributed by atoms with E-state index in [0.29, 0.717) is 10.5 Å². The van der Waals surface area contributed by atoms with E-state index in [4.69, 9.17) is 0 Å². The molecule has 0 bridgehead atoms. The summed E-state index contributed by atoms with van der Waals surface area (Å²) < 4.78 is 13.8. The van der Waals surface area contributed by atoms with Crippen molar-refractivity contribution in [1.82, 2.24) is 0 Å². The molecule has 0 unspecified atom stereocenters. The molecule has 0 saturated heterocycles. The van der Waals surface area contributed by atoms with Crippen molar-refractivity contribution in [2.45, 2.75) is 22.8 Å². The lowest BCUT2D eigenvalue weighted by atomic mass is 10.1. The molecule has 0 saturated carbocycles. The van der Waals surface area contributed by atoms with Gasteiger partial charge in [-0.05, 0) is 30.7 Å². The maximum atomic E-state index is 13.8. The predicted octanol–water partition coefficient (Wildman–Crippen LogP) is 4.03. The minimum Gasteiger partial charge on any atom is -0.389 e. The first kappa shape index (κ1) is 12.1. The van der Waals surface area contributed by atoms with Gasteiger partial charge in [-0.15, -0.1) is 0 Å². The summed E-state index contributed by atoms with van der Waals surface area (Å²) in [5, 5.41) is 9.63. The lowest BCUT2D eigenvalue weighted by Gasteiger charge is -2.12. The van der Waals surface area contributed by atoms with Gasteiger partial charge < -0.3 is 5.11 Å². The maximum Gasteiger partial charge on any atom is 0.137 e. The first-order valence-electron chi connectivity index (χ1n) is 5.38. The fraction of sp³-hybridized carbons (Fsp3) is 0.143. The van der Waals surface area contributed by atoms with Crippen LogP contribution < -0.4 is 0 Å². The van der Waals surface area contributed by atoms with Gasteiger partial charge in [-0.2, -0.15) is 0 Å². The molecule has 1 N–H and O–H groups in total. The predicted molar refractivity (Wildman–Crippen MR) is 67.6 cm³/mol. The Bertz CT molecular complexity index is 497. The molecule has 0 aromatic heterocycles. The minimum atomic E-state index is -0.670. The quantitative estimate of drug-likeness (QED) is 0.885. The summed E-state index contributed by atoms with van der Waals surface area (Å²) in [6.07, 6.45) is -0.670. The van der Waals surface area contributed by atoms with Crippen LogP contribution in [0, 0.1) is 5.82 Å². The van der Waals surface area contributed by atoms with Crippen LogP contribution in [-0.2, 0) is 0 Å². The maximum absolute atomic E-state index is 13.8. The third-order valence-electron chi connectivity index (χ3n) is 2.41. The van der Waals surface area contributed by atoms with Gasteiger partial charge in [0.1, 0.15) is 5.82 Å². The molecule has 0 fully saturated rings. The Hall–Kier alpha value is -1.32. The van der Waals surface area contributed by atoms with Gasteiger partial charge >= 0.3 is 0 Å². The molecule has 2 aromatic rings. The van der Waals surface area contributed by atoms with Gasteiger partial charge in [0.25, 0.3) is 0 Å². The summed E-state index contributed by atoms with van der Waals surface area (Å²) in [6, 6.07) is 14.4. The van der Waals surface area contributed by atoms with E-state index in [1.165, 1.54) is 17.8 Å². The van der Waals surface area contributed by atoms with Crippen LogP contribution in [0.5, 0.6) is 0 Å². The number of rotatable bonds is 3. The molecule has 2 rings (SSSR count). The van der Waals surface area contributed by atoms with E-state index < -0.39 is 6.10 Å². The van der Waals surface area contributed by atoms with Crippen LogP contribution in [0.3, 0.4) is 0 Å². The fourth-order valence-electron chi connectivity index (χ4n) is 1.57. The minimum absolute atomic E-state index is 0.294. The molecule has 3 heteroatoms. The molecule has 1 atom stereocenters. The third-order valence-corrected chi connectivity index (χ3v) is 3.55. The van der Waals surface area contributed by atoms with Crippen LogP contribution >= 0.6 is 11.8 Å². The zero-order chi connectivity index (χ0) is 12.3. The van der Waals surface area contributed by atoms with Gasteiger partial charge in [0.15, 0.2) is 0 Å². The highest BCUT2D eigenvalue weighted by Gasteiger charge is 2.13. The fourth-order valence-corrected chi connectivity index (χ4v) is 2.62. The van der Waals surface area contributed by atoms with Gasteiger partial charge in [0.05, 0.1) is 11.0 Å². The normalized spacial score (nSPS) is 12.4. The van der Waals surface area contributed by atoms with Gasteiger partial charge in [-0.1, -0.05) is 42.1 Å². The van der Waals surface area contributed by atoms with Gasteiger partial charge in [-0.3, -0.25) is 0 Å². The van der Waals surface area contributed by atoms with Crippen molar-refractivity contribution in [2.24, 2.45) is 0 Å². The van der Waals surface area contributed by atoms with Gasteiger partial charge in [0, 0.05) is 4.90 Å². The number of benzene rings is 2. The molecule has 0 heterocycles. The molecule has 17 heavy (non-hydrogen) atoms. The number of hydrogen-bond acceptors (Lipinski definition) is 2. The highest BCUT2D eigenvalue weighted by molar-refractivity contribution is 7.99. The van der Waals surface area contributed by atoms with Gasteiger partial charge in [-0.25, -0.2) is 4.39 Å². The summed E-state index contributed by atoms with van der Waals surface area (Å²) >= 11 is 1.33. The first-order chi connectivity index (χ1) is 8.18.